The maximum atomic E-state index is 11.3. The molecule has 3 rings (SSSR count). The number of nitrogen functional groups attached to an aromatic ring is 1. The number of anilines is 1. The van der Waals surface area contributed by atoms with Gasteiger partial charge in [0, 0.05) is 25.5 Å². The van der Waals surface area contributed by atoms with Crippen molar-refractivity contribution in [2.75, 3.05) is 20.0 Å². The minimum absolute atomic E-state index is 0.208. The Labute approximate surface area is 181 Å². The summed E-state index contributed by atoms with van der Waals surface area (Å²) in [5.41, 5.74) is 6.84. The molecule has 0 amide bonds. The molecular weight excluding hydrogens is 398 g/mol. The van der Waals surface area contributed by atoms with E-state index in [1.54, 1.807) is 25.1 Å². The number of nitriles is 1. The molecule has 164 valence electrons. The van der Waals surface area contributed by atoms with Crippen LogP contribution in [0.2, 0.25) is 0 Å². The van der Waals surface area contributed by atoms with Crippen LogP contribution in [0.25, 0.3) is 0 Å². The number of aliphatic imine (C=N–C) groups is 1. The van der Waals surface area contributed by atoms with E-state index in [9.17, 15) is 10.4 Å². The number of nitrogens with two attached hydrogens (primary N) is 1. The van der Waals surface area contributed by atoms with Crippen LogP contribution in [0.15, 0.2) is 53.5 Å². The summed E-state index contributed by atoms with van der Waals surface area (Å²) < 4.78 is 16.9. The van der Waals surface area contributed by atoms with Crippen LogP contribution in [-0.4, -0.2) is 43.3 Å². The van der Waals surface area contributed by atoms with Gasteiger partial charge in [-0.2, -0.15) is 5.26 Å². The van der Waals surface area contributed by atoms with Gasteiger partial charge in [0.05, 0.1) is 12.6 Å². The number of methoxy groups -OCH3 is 2. The highest BCUT2D eigenvalue weighted by atomic mass is 16.7. The van der Waals surface area contributed by atoms with E-state index in [4.69, 9.17) is 19.9 Å². The van der Waals surface area contributed by atoms with Crippen molar-refractivity contribution < 1.29 is 19.3 Å². The maximum Gasteiger partial charge on any atom is 0.205 e. The van der Waals surface area contributed by atoms with Crippen molar-refractivity contribution in [1.29, 1.82) is 5.26 Å². The number of ether oxygens (including phenoxy) is 3. The van der Waals surface area contributed by atoms with E-state index >= 15 is 0 Å². The molecule has 0 fully saturated rings. The number of fused-ring (bicyclic) bond motifs is 1. The molecule has 0 aliphatic carbocycles. The number of benzene rings is 2. The minimum atomic E-state index is -1.25. The Kier molecular flexibility index (Phi) is 6.97. The third kappa shape index (κ3) is 4.72. The Morgan fingerprint density at radius 3 is 2.65 bits per heavy atom. The normalized spacial score (nSPS) is 22.9. The summed E-state index contributed by atoms with van der Waals surface area (Å²) in [4.78, 5) is 4.47. The fraction of sp³-hybridized carbons (Fsp3) is 0.364. The quantitative estimate of drug-likeness (QED) is 0.137. The van der Waals surface area contributed by atoms with Crippen molar-refractivity contribution in [1.82, 2.24) is 10.6 Å². The molecule has 1 aliphatic heterocycles. The molecule has 5 N–H and O–H groups in total. The summed E-state index contributed by atoms with van der Waals surface area (Å²) in [5.74, 6) is 0.720. The molecule has 1 heterocycles. The molecule has 0 bridgehead atoms. The fourth-order valence-corrected chi connectivity index (χ4v) is 3.68. The lowest BCUT2D eigenvalue weighted by Gasteiger charge is -2.46. The number of guanidine groups is 1. The Morgan fingerprint density at radius 1 is 1.29 bits per heavy atom. The summed E-state index contributed by atoms with van der Waals surface area (Å²) >= 11 is 0. The van der Waals surface area contributed by atoms with Crippen LogP contribution in [0.3, 0.4) is 0 Å². The van der Waals surface area contributed by atoms with Crippen molar-refractivity contribution in [3.8, 4) is 11.9 Å². The molecule has 3 atom stereocenters. The Hall–Kier alpha value is -3.32. The van der Waals surface area contributed by atoms with E-state index in [1.165, 1.54) is 14.2 Å². The van der Waals surface area contributed by atoms with Gasteiger partial charge >= 0.3 is 0 Å². The lowest BCUT2D eigenvalue weighted by molar-refractivity contribution is -0.238. The van der Waals surface area contributed by atoms with Crippen LogP contribution in [-0.2, 0) is 16.0 Å². The van der Waals surface area contributed by atoms with Crippen molar-refractivity contribution in [3.05, 3.63) is 59.7 Å². The summed E-state index contributed by atoms with van der Waals surface area (Å²) in [6.07, 6.45) is -0.106. The Morgan fingerprint density at radius 2 is 2.00 bits per heavy atom. The second kappa shape index (κ2) is 9.66. The number of hydrogen-bond donors (Lipinski definition) is 4. The zero-order chi connectivity index (χ0) is 22.4. The smallest absolute Gasteiger partial charge is 0.205 e. The lowest BCUT2D eigenvalue weighted by Crippen LogP contribution is -2.62. The highest BCUT2D eigenvalue weighted by Gasteiger charge is 2.52. The second-order valence-electron chi connectivity index (χ2n) is 7.34. The molecule has 1 aliphatic rings. The molecule has 0 aromatic heterocycles. The van der Waals surface area contributed by atoms with Gasteiger partial charge in [0.2, 0.25) is 5.96 Å². The summed E-state index contributed by atoms with van der Waals surface area (Å²) in [5, 5.41) is 26.2. The first-order valence-electron chi connectivity index (χ1n) is 9.75. The van der Waals surface area contributed by atoms with E-state index in [0.29, 0.717) is 23.5 Å². The monoisotopic (exact) mass is 425 g/mol. The maximum absolute atomic E-state index is 11.3. The Bertz CT molecular complexity index is 958. The van der Waals surface area contributed by atoms with Crippen molar-refractivity contribution in [2.45, 2.75) is 37.5 Å². The second-order valence-corrected chi connectivity index (χ2v) is 7.34. The number of aliphatic hydroxyl groups is 1. The lowest BCUT2D eigenvalue weighted by atomic mass is 9.84. The van der Waals surface area contributed by atoms with Crippen molar-refractivity contribution >= 4 is 11.6 Å². The third-order valence-corrected chi connectivity index (χ3v) is 5.23. The molecule has 0 saturated carbocycles. The van der Waals surface area contributed by atoms with Crippen molar-refractivity contribution in [2.24, 2.45) is 4.99 Å². The van der Waals surface area contributed by atoms with Gasteiger partial charge in [0.15, 0.2) is 18.1 Å². The van der Waals surface area contributed by atoms with Gasteiger partial charge in [0.25, 0.3) is 0 Å². The minimum Gasteiger partial charge on any atom is -0.479 e. The van der Waals surface area contributed by atoms with Gasteiger partial charge in [-0.05, 0) is 30.7 Å². The van der Waals surface area contributed by atoms with Crippen LogP contribution in [0.4, 0.5) is 5.69 Å². The molecule has 0 saturated heterocycles. The SMILES string of the molecule is COC(OC)[C@]1(C)Oc2ccc(N)cc2[C@H](NC(=NCc2ccccc2)NC#N)[C@H]1O. The largest absolute Gasteiger partial charge is 0.479 e. The average Bonchev–Trinajstić information content (AvgIpc) is 2.77. The molecule has 2 aromatic rings. The molecule has 2 aromatic carbocycles. The van der Waals surface area contributed by atoms with E-state index in [-0.39, 0.29) is 5.96 Å². The van der Waals surface area contributed by atoms with Crippen LogP contribution < -0.4 is 21.1 Å². The molecule has 0 spiro atoms. The van der Waals surface area contributed by atoms with Gasteiger partial charge in [-0.25, -0.2) is 4.99 Å². The standard InChI is InChI=1S/C22H27N5O4/c1-22(20(29-2)30-3)19(28)18(16-11-15(24)9-10-17(16)31-22)27-21(26-13-23)25-12-14-7-5-4-6-8-14/h4-11,18-20,28H,12,24H2,1-3H3,(H2,25,26,27)/t18-,19+,22+/m0/s1. The summed E-state index contributed by atoms with van der Waals surface area (Å²) in [7, 11) is 2.95. The highest BCUT2D eigenvalue weighted by Crippen LogP contribution is 2.43. The number of nitrogens with zero attached hydrogens (tertiary/aromatic N) is 2. The van der Waals surface area contributed by atoms with E-state index in [1.807, 2.05) is 36.5 Å². The number of nitrogens with one attached hydrogen (secondary N) is 2. The number of rotatable bonds is 6. The molecule has 0 unspecified atom stereocenters. The zero-order valence-electron chi connectivity index (χ0n) is 17.7. The first kappa shape index (κ1) is 22.4. The topological polar surface area (TPSA) is 134 Å². The van der Waals surface area contributed by atoms with Gasteiger partial charge < -0.3 is 30.4 Å². The van der Waals surface area contributed by atoms with Gasteiger partial charge in [-0.3, -0.25) is 5.32 Å². The number of hydrogen-bond acceptors (Lipinski definition) is 7. The van der Waals surface area contributed by atoms with Crippen molar-refractivity contribution in [3.63, 3.8) is 0 Å². The molecule has 9 heteroatoms. The zero-order valence-corrected chi connectivity index (χ0v) is 17.7. The van der Waals surface area contributed by atoms with Gasteiger partial charge in [-0.15, -0.1) is 0 Å². The molecule has 0 radical (unpaired) electrons. The van der Waals surface area contributed by atoms with Crippen LogP contribution in [0.1, 0.15) is 24.1 Å². The van der Waals surface area contributed by atoms with E-state index < -0.39 is 24.0 Å². The van der Waals surface area contributed by atoms with E-state index in [2.05, 4.69) is 15.6 Å². The van der Waals surface area contributed by atoms with E-state index in [0.717, 1.165) is 5.56 Å². The summed E-state index contributed by atoms with van der Waals surface area (Å²) in [6, 6.07) is 14.1. The summed E-state index contributed by atoms with van der Waals surface area (Å²) in [6.45, 7) is 2.04. The third-order valence-electron chi connectivity index (χ3n) is 5.23. The van der Waals surface area contributed by atoms with Gasteiger partial charge in [0.1, 0.15) is 11.9 Å². The van der Waals surface area contributed by atoms with Gasteiger partial charge in [-0.1, -0.05) is 30.3 Å². The molecule has 9 nitrogen and oxygen atoms in total. The number of aliphatic hydroxyl groups excluding tert-OH is 1. The van der Waals surface area contributed by atoms with Crippen LogP contribution in [0, 0.1) is 11.5 Å². The highest BCUT2D eigenvalue weighted by molar-refractivity contribution is 5.82. The predicted molar refractivity (Wildman–Crippen MR) is 116 cm³/mol. The Balaban J connectivity index is 1.97. The first-order valence-corrected chi connectivity index (χ1v) is 9.75. The predicted octanol–water partition coefficient (Wildman–Crippen LogP) is 1.66. The molecular formula is C22H27N5O4. The average molecular weight is 425 g/mol. The first-order chi connectivity index (χ1) is 14.9. The van der Waals surface area contributed by atoms with Crippen LogP contribution in [0.5, 0.6) is 5.75 Å². The fourth-order valence-electron chi connectivity index (χ4n) is 3.68. The molecule has 31 heavy (non-hydrogen) atoms. The van der Waals surface area contributed by atoms with Crippen LogP contribution >= 0.6 is 0 Å².